The second-order valence-corrected chi connectivity index (χ2v) is 7.44. The summed E-state index contributed by atoms with van der Waals surface area (Å²) in [4.78, 5) is 0.324. The minimum absolute atomic E-state index is 0. The van der Waals surface area contributed by atoms with E-state index in [1.54, 1.807) is 28.6 Å². The first-order valence-electron chi connectivity index (χ1n) is 7.43. The molecule has 5 nitrogen and oxygen atoms in total. The maximum absolute atomic E-state index is 12.6. The van der Waals surface area contributed by atoms with Crippen molar-refractivity contribution in [1.29, 1.82) is 0 Å². The molecule has 1 saturated heterocycles. The molecule has 1 heterocycles. The first-order valence-corrected chi connectivity index (χ1v) is 8.87. The quantitative estimate of drug-likeness (QED) is 0.885. The Bertz CT molecular complexity index is 553. The van der Waals surface area contributed by atoms with Crippen LogP contribution in [-0.2, 0) is 10.0 Å². The molecule has 0 spiro atoms. The molecule has 1 aromatic rings. The molecule has 1 aliphatic heterocycles. The molecular weight excluding hydrogens is 324 g/mol. The predicted octanol–water partition coefficient (Wildman–Crippen LogP) is 2.26. The van der Waals surface area contributed by atoms with E-state index in [0.717, 1.165) is 12.8 Å². The zero-order valence-electron chi connectivity index (χ0n) is 13.1. The van der Waals surface area contributed by atoms with Crippen LogP contribution in [0, 0.1) is 5.92 Å². The molecular formula is C15H25ClN2O3S. The molecule has 2 rings (SSSR count). The largest absolute Gasteiger partial charge is 0.494 e. The molecule has 1 fully saturated rings. The second kappa shape index (κ2) is 8.15. The zero-order valence-corrected chi connectivity index (χ0v) is 14.7. The normalized spacial score (nSPS) is 18.5. The Hall–Kier alpha value is -0.820. The minimum Gasteiger partial charge on any atom is -0.494 e. The summed E-state index contributed by atoms with van der Waals surface area (Å²) in [5.74, 6) is 1.10. The SMILES string of the molecule is CCOc1ccc(S(=O)(=O)N2CCC(C(C)N)CC2)cc1.Cl. The van der Waals surface area contributed by atoms with Crippen LogP contribution in [0.1, 0.15) is 26.7 Å². The van der Waals surface area contributed by atoms with E-state index in [4.69, 9.17) is 10.5 Å². The van der Waals surface area contributed by atoms with Gasteiger partial charge in [0.2, 0.25) is 10.0 Å². The van der Waals surface area contributed by atoms with Crippen molar-refractivity contribution in [3.8, 4) is 5.75 Å². The monoisotopic (exact) mass is 348 g/mol. The predicted molar refractivity (Wildman–Crippen MR) is 90.0 cm³/mol. The Balaban J connectivity index is 0.00000242. The van der Waals surface area contributed by atoms with Crippen LogP contribution in [0.2, 0.25) is 0 Å². The third kappa shape index (κ3) is 4.35. The summed E-state index contributed by atoms with van der Waals surface area (Å²) in [6.07, 6.45) is 1.65. The molecule has 7 heteroatoms. The van der Waals surface area contributed by atoms with Crippen LogP contribution in [0.5, 0.6) is 5.75 Å². The number of halogens is 1. The van der Waals surface area contributed by atoms with E-state index in [0.29, 0.717) is 36.3 Å². The molecule has 0 aromatic heterocycles. The van der Waals surface area contributed by atoms with Gasteiger partial charge in [0.25, 0.3) is 0 Å². The number of hydrogen-bond donors (Lipinski definition) is 1. The summed E-state index contributed by atoms with van der Waals surface area (Å²) >= 11 is 0. The highest BCUT2D eigenvalue weighted by molar-refractivity contribution is 7.89. The molecule has 0 aliphatic carbocycles. The van der Waals surface area contributed by atoms with Crippen LogP contribution in [-0.4, -0.2) is 38.5 Å². The molecule has 22 heavy (non-hydrogen) atoms. The standard InChI is InChI=1S/C15H24N2O3S.ClH/c1-3-20-14-4-6-15(7-5-14)21(18,19)17-10-8-13(9-11-17)12(2)16;/h4-7,12-13H,3,8-11,16H2,1-2H3;1H. The highest BCUT2D eigenvalue weighted by Crippen LogP contribution is 2.26. The van der Waals surface area contributed by atoms with Gasteiger partial charge in [-0.2, -0.15) is 4.31 Å². The second-order valence-electron chi connectivity index (χ2n) is 5.51. The van der Waals surface area contributed by atoms with E-state index in [-0.39, 0.29) is 18.4 Å². The molecule has 1 aromatic carbocycles. The molecule has 0 amide bonds. The van der Waals surface area contributed by atoms with Crippen molar-refractivity contribution in [2.24, 2.45) is 11.7 Å². The summed E-state index contributed by atoms with van der Waals surface area (Å²) in [5, 5.41) is 0. The Labute approximate surface area is 139 Å². The Morgan fingerprint density at radius 2 is 1.82 bits per heavy atom. The van der Waals surface area contributed by atoms with E-state index in [1.807, 2.05) is 13.8 Å². The van der Waals surface area contributed by atoms with Gasteiger partial charge in [-0.25, -0.2) is 8.42 Å². The maximum Gasteiger partial charge on any atom is 0.243 e. The molecule has 0 saturated carbocycles. The fourth-order valence-electron chi connectivity index (χ4n) is 2.67. The van der Waals surface area contributed by atoms with Crippen LogP contribution in [0.15, 0.2) is 29.2 Å². The van der Waals surface area contributed by atoms with E-state index >= 15 is 0 Å². The first-order chi connectivity index (χ1) is 9.95. The van der Waals surface area contributed by atoms with Gasteiger partial charge < -0.3 is 10.5 Å². The van der Waals surface area contributed by atoms with Gasteiger partial charge in [0, 0.05) is 19.1 Å². The van der Waals surface area contributed by atoms with Crippen LogP contribution in [0.3, 0.4) is 0 Å². The van der Waals surface area contributed by atoms with E-state index < -0.39 is 10.0 Å². The van der Waals surface area contributed by atoms with E-state index in [9.17, 15) is 8.42 Å². The van der Waals surface area contributed by atoms with Gasteiger partial charge in [0.05, 0.1) is 11.5 Å². The van der Waals surface area contributed by atoms with Crippen LogP contribution in [0.4, 0.5) is 0 Å². The summed E-state index contributed by atoms with van der Waals surface area (Å²) in [5.41, 5.74) is 5.90. The Kier molecular flexibility index (Phi) is 7.12. The topological polar surface area (TPSA) is 72.6 Å². The van der Waals surface area contributed by atoms with Gasteiger partial charge in [-0.15, -0.1) is 12.4 Å². The van der Waals surface area contributed by atoms with Crippen LogP contribution < -0.4 is 10.5 Å². The lowest BCUT2D eigenvalue weighted by molar-refractivity contribution is 0.250. The fourth-order valence-corrected chi connectivity index (χ4v) is 4.14. The summed E-state index contributed by atoms with van der Waals surface area (Å²) in [6, 6.07) is 6.74. The summed E-state index contributed by atoms with van der Waals surface area (Å²) in [7, 11) is -3.41. The zero-order chi connectivity index (χ0) is 15.5. The van der Waals surface area contributed by atoms with Crippen molar-refractivity contribution < 1.29 is 13.2 Å². The van der Waals surface area contributed by atoms with Gasteiger partial charge in [-0.1, -0.05) is 0 Å². The number of nitrogens with two attached hydrogens (primary N) is 1. The average Bonchev–Trinajstić information content (AvgIpc) is 2.48. The lowest BCUT2D eigenvalue weighted by atomic mass is 9.92. The van der Waals surface area contributed by atoms with Gasteiger partial charge in [0.1, 0.15) is 5.75 Å². The van der Waals surface area contributed by atoms with Crippen molar-refractivity contribution in [2.45, 2.75) is 37.6 Å². The highest BCUT2D eigenvalue weighted by Gasteiger charge is 2.30. The Morgan fingerprint density at radius 1 is 1.27 bits per heavy atom. The number of benzene rings is 1. The van der Waals surface area contributed by atoms with Gasteiger partial charge in [0.15, 0.2) is 0 Å². The number of nitrogens with zero attached hydrogens (tertiary/aromatic N) is 1. The lowest BCUT2D eigenvalue weighted by Crippen LogP contribution is -2.42. The van der Waals surface area contributed by atoms with Crippen molar-refractivity contribution >= 4 is 22.4 Å². The highest BCUT2D eigenvalue weighted by atomic mass is 35.5. The number of rotatable bonds is 5. The first kappa shape index (κ1) is 19.2. The van der Waals surface area contributed by atoms with Gasteiger partial charge in [-0.05, 0) is 56.9 Å². The number of sulfonamides is 1. The average molecular weight is 349 g/mol. The lowest BCUT2D eigenvalue weighted by Gasteiger charge is -2.32. The van der Waals surface area contributed by atoms with Crippen LogP contribution >= 0.6 is 12.4 Å². The van der Waals surface area contributed by atoms with Crippen molar-refractivity contribution in [3.05, 3.63) is 24.3 Å². The molecule has 0 bridgehead atoms. The number of ether oxygens (including phenoxy) is 1. The molecule has 1 atom stereocenters. The third-order valence-corrected chi connectivity index (χ3v) is 5.93. The Morgan fingerprint density at radius 3 is 2.27 bits per heavy atom. The molecule has 2 N–H and O–H groups in total. The number of piperidine rings is 1. The van der Waals surface area contributed by atoms with Crippen molar-refractivity contribution in [2.75, 3.05) is 19.7 Å². The fraction of sp³-hybridized carbons (Fsp3) is 0.600. The van der Waals surface area contributed by atoms with Gasteiger partial charge >= 0.3 is 0 Å². The van der Waals surface area contributed by atoms with E-state index in [2.05, 4.69) is 0 Å². The van der Waals surface area contributed by atoms with Gasteiger partial charge in [-0.3, -0.25) is 0 Å². The molecule has 126 valence electrons. The number of hydrogen-bond acceptors (Lipinski definition) is 4. The maximum atomic E-state index is 12.6. The summed E-state index contributed by atoms with van der Waals surface area (Å²) < 4.78 is 32.1. The summed E-state index contributed by atoms with van der Waals surface area (Å²) in [6.45, 7) is 5.54. The van der Waals surface area contributed by atoms with Crippen molar-refractivity contribution in [1.82, 2.24) is 4.31 Å². The smallest absolute Gasteiger partial charge is 0.243 e. The molecule has 1 aliphatic rings. The van der Waals surface area contributed by atoms with Crippen LogP contribution in [0.25, 0.3) is 0 Å². The minimum atomic E-state index is -3.41. The molecule has 1 unspecified atom stereocenters. The van der Waals surface area contributed by atoms with E-state index in [1.165, 1.54) is 0 Å². The molecule has 0 radical (unpaired) electrons. The third-order valence-electron chi connectivity index (χ3n) is 4.01. The van der Waals surface area contributed by atoms with Crippen molar-refractivity contribution in [3.63, 3.8) is 0 Å².